The molecule has 0 aliphatic rings. The van der Waals surface area contributed by atoms with Gasteiger partial charge in [0.15, 0.2) is 0 Å². The highest BCUT2D eigenvalue weighted by Gasteiger charge is 2.15. The maximum Gasteiger partial charge on any atom is 0.262 e. The highest BCUT2D eigenvalue weighted by atomic mass is 16.5. The van der Waals surface area contributed by atoms with E-state index in [2.05, 4.69) is 10.1 Å². The molecule has 3 rings (SSSR count). The number of rotatable bonds is 3. The Balaban J connectivity index is 2.00. The minimum atomic E-state index is 0.183. The van der Waals surface area contributed by atoms with Gasteiger partial charge in [-0.1, -0.05) is 5.16 Å². The molecule has 3 N–H and O–H groups in total. The first-order valence-corrected chi connectivity index (χ1v) is 6.24. The van der Waals surface area contributed by atoms with E-state index in [0.717, 1.165) is 5.56 Å². The first-order chi connectivity index (χ1) is 10.2. The Bertz CT molecular complexity index is 766. The van der Waals surface area contributed by atoms with Crippen molar-refractivity contribution in [3.05, 3.63) is 42.5 Å². The van der Waals surface area contributed by atoms with Crippen LogP contribution in [0.4, 0.5) is 5.69 Å². The molecule has 21 heavy (non-hydrogen) atoms. The molecule has 0 saturated carbocycles. The number of nitrogens with two attached hydrogens (primary N) is 1. The van der Waals surface area contributed by atoms with E-state index in [1.54, 1.807) is 49.6 Å². The van der Waals surface area contributed by atoms with Crippen LogP contribution in [-0.4, -0.2) is 22.4 Å². The lowest BCUT2D eigenvalue weighted by atomic mass is 10.1. The number of anilines is 1. The maximum absolute atomic E-state index is 9.29. The molecule has 0 aliphatic heterocycles. The van der Waals surface area contributed by atoms with Gasteiger partial charge in [0.05, 0.1) is 12.7 Å². The highest BCUT2D eigenvalue weighted by molar-refractivity contribution is 5.68. The third kappa shape index (κ3) is 2.51. The van der Waals surface area contributed by atoms with Crippen LogP contribution in [-0.2, 0) is 0 Å². The zero-order chi connectivity index (χ0) is 14.8. The van der Waals surface area contributed by atoms with Crippen molar-refractivity contribution in [1.29, 1.82) is 0 Å². The van der Waals surface area contributed by atoms with Gasteiger partial charge in [-0.25, -0.2) is 0 Å². The monoisotopic (exact) mass is 283 g/mol. The fraction of sp³-hybridized carbons (Fsp3) is 0.0667. The Kier molecular flexibility index (Phi) is 3.19. The first kappa shape index (κ1) is 13.0. The van der Waals surface area contributed by atoms with Crippen molar-refractivity contribution in [3.8, 4) is 34.3 Å². The van der Waals surface area contributed by atoms with Crippen LogP contribution in [0.2, 0.25) is 0 Å². The second kappa shape index (κ2) is 5.16. The molecule has 2 aromatic carbocycles. The van der Waals surface area contributed by atoms with Gasteiger partial charge in [0, 0.05) is 17.3 Å². The van der Waals surface area contributed by atoms with Crippen LogP contribution in [0, 0.1) is 0 Å². The molecule has 0 amide bonds. The molecular formula is C15H13N3O3. The van der Waals surface area contributed by atoms with Gasteiger partial charge in [-0.05, 0) is 36.4 Å². The van der Waals surface area contributed by atoms with Crippen molar-refractivity contribution in [2.75, 3.05) is 12.8 Å². The van der Waals surface area contributed by atoms with Crippen LogP contribution >= 0.6 is 0 Å². The second-order valence-electron chi connectivity index (χ2n) is 4.43. The van der Waals surface area contributed by atoms with Crippen molar-refractivity contribution in [2.24, 2.45) is 0 Å². The molecule has 6 nitrogen and oxygen atoms in total. The summed E-state index contributed by atoms with van der Waals surface area (Å²) in [5.74, 6) is 1.53. The molecule has 0 saturated heterocycles. The minimum absolute atomic E-state index is 0.183. The molecule has 0 fully saturated rings. The van der Waals surface area contributed by atoms with Crippen LogP contribution in [0.3, 0.4) is 0 Å². The fourth-order valence-electron chi connectivity index (χ4n) is 1.95. The van der Waals surface area contributed by atoms with E-state index in [4.69, 9.17) is 15.0 Å². The van der Waals surface area contributed by atoms with Gasteiger partial charge in [0.1, 0.15) is 11.5 Å². The lowest BCUT2D eigenvalue weighted by molar-refractivity contribution is 0.405. The van der Waals surface area contributed by atoms with E-state index >= 15 is 0 Å². The maximum atomic E-state index is 9.29. The highest BCUT2D eigenvalue weighted by Crippen LogP contribution is 2.31. The molecule has 0 atom stereocenters. The first-order valence-electron chi connectivity index (χ1n) is 6.24. The lowest BCUT2D eigenvalue weighted by Crippen LogP contribution is -1.91. The molecule has 0 aliphatic carbocycles. The quantitative estimate of drug-likeness (QED) is 0.718. The number of ether oxygens (including phenoxy) is 1. The van der Waals surface area contributed by atoms with E-state index in [-0.39, 0.29) is 5.75 Å². The van der Waals surface area contributed by atoms with E-state index in [1.165, 1.54) is 0 Å². The summed E-state index contributed by atoms with van der Waals surface area (Å²) in [7, 11) is 1.55. The van der Waals surface area contributed by atoms with Gasteiger partial charge >= 0.3 is 0 Å². The van der Waals surface area contributed by atoms with Gasteiger partial charge in [-0.2, -0.15) is 4.98 Å². The number of hydrogen-bond donors (Lipinski definition) is 2. The van der Waals surface area contributed by atoms with Gasteiger partial charge in [0.25, 0.3) is 5.89 Å². The predicted octanol–water partition coefficient (Wildman–Crippen LogP) is 2.70. The van der Waals surface area contributed by atoms with Gasteiger partial charge in [-0.15, -0.1) is 0 Å². The Hall–Kier alpha value is -3.02. The molecule has 3 aromatic rings. The Labute approximate surface area is 120 Å². The van der Waals surface area contributed by atoms with E-state index in [0.29, 0.717) is 28.7 Å². The number of aromatic nitrogens is 2. The number of benzene rings is 2. The van der Waals surface area contributed by atoms with Gasteiger partial charge in [0.2, 0.25) is 5.82 Å². The Morgan fingerprint density at radius 3 is 2.62 bits per heavy atom. The summed E-state index contributed by atoms with van der Waals surface area (Å²) >= 11 is 0. The van der Waals surface area contributed by atoms with Crippen LogP contribution in [0.25, 0.3) is 22.8 Å². The van der Waals surface area contributed by atoms with Crippen molar-refractivity contribution in [1.82, 2.24) is 10.1 Å². The number of phenolic OH excluding ortho intramolecular Hbond substituents is 1. The Morgan fingerprint density at radius 2 is 1.90 bits per heavy atom. The second-order valence-corrected chi connectivity index (χ2v) is 4.43. The van der Waals surface area contributed by atoms with Crippen LogP contribution < -0.4 is 10.5 Å². The van der Waals surface area contributed by atoms with Crippen molar-refractivity contribution in [2.45, 2.75) is 0 Å². The summed E-state index contributed by atoms with van der Waals surface area (Å²) in [6, 6.07) is 11.8. The fourth-order valence-corrected chi connectivity index (χ4v) is 1.95. The van der Waals surface area contributed by atoms with Crippen LogP contribution in [0.5, 0.6) is 11.5 Å². The normalized spacial score (nSPS) is 10.5. The SMILES string of the molecule is COc1cc(N)ccc1-c1nc(-c2ccc(O)cc2)no1. The molecule has 0 spiro atoms. The summed E-state index contributed by atoms with van der Waals surface area (Å²) < 4.78 is 10.5. The zero-order valence-corrected chi connectivity index (χ0v) is 11.3. The molecule has 1 aromatic heterocycles. The summed E-state index contributed by atoms with van der Waals surface area (Å²) in [5, 5.41) is 13.2. The molecule has 106 valence electrons. The van der Waals surface area contributed by atoms with Crippen LogP contribution in [0.15, 0.2) is 47.0 Å². The number of phenols is 1. The van der Waals surface area contributed by atoms with E-state index in [1.807, 2.05) is 0 Å². The zero-order valence-electron chi connectivity index (χ0n) is 11.3. The molecule has 6 heteroatoms. The van der Waals surface area contributed by atoms with Crippen molar-refractivity contribution >= 4 is 5.69 Å². The molecule has 1 heterocycles. The lowest BCUT2D eigenvalue weighted by Gasteiger charge is -2.05. The van der Waals surface area contributed by atoms with E-state index < -0.39 is 0 Å². The minimum Gasteiger partial charge on any atom is -0.508 e. The van der Waals surface area contributed by atoms with E-state index in [9.17, 15) is 5.11 Å². The molecule has 0 bridgehead atoms. The predicted molar refractivity (Wildman–Crippen MR) is 77.8 cm³/mol. The molecule has 0 radical (unpaired) electrons. The van der Waals surface area contributed by atoms with Gasteiger partial charge in [-0.3, -0.25) is 0 Å². The average Bonchev–Trinajstić information content (AvgIpc) is 2.97. The summed E-state index contributed by atoms with van der Waals surface area (Å²) in [6.45, 7) is 0. The largest absolute Gasteiger partial charge is 0.508 e. The average molecular weight is 283 g/mol. The summed E-state index contributed by atoms with van der Waals surface area (Å²) in [6.07, 6.45) is 0. The molecule has 0 unspecified atom stereocenters. The summed E-state index contributed by atoms with van der Waals surface area (Å²) in [4.78, 5) is 4.34. The topological polar surface area (TPSA) is 94.4 Å². The third-order valence-corrected chi connectivity index (χ3v) is 3.01. The van der Waals surface area contributed by atoms with Crippen molar-refractivity contribution in [3.63, 3.8) is 0 Å². The smallest absolute Gasteiger partial charge is 0.262 e. The number of methoxy groups -OCH3 is 1. The number of nitrogens with zero attached hydrogens (tertiary/aromatic N) is 2. The number of nitrogen functional groups attached to an aromatic ring is 1. The standard InChI is InChI=1S/C15H13N3O3/c1-20-13-8-10(16)4-7-12(13)15-17-14(18-21-15)9-2-5-11(19)6-3-9/h2-8,19H,16H2,1H3. The summed E-state index contributed by atoms with van der Waals surface area (Å²) in [5.41, 5.74) is 7.73. The Morgan fingerprint density at radius 1 is 1.14 bits per heavy atom. The van der Waals surface area contributed by atoms with Crippen molar-refractivity contribution < 1.29 is 14.4 Å². The van der Waals surface area contributed by atoms with Crippen LogP contribution in [0.1, 0.15) is 0 Å². The number of hydrogen-bond acceptors (Lipinski definition) is 6. The molecular weight excluding hydrogens is 270 g/mol. The third-order valence-electron chi connectivity index (χ3n) is 3.01. The van der Waals surface area contributed by atoms with Gasteiger partial charge < -0.3 is 20.1 Å². The number of aromatic hydroxyl groups is 1.